The first-order chi connectivity index (χ1) is 10.1. The Morgan fingerprint density at radius 3 is 2.76 bits per heavy atom. The van der Waals surface area contributed by atoms with Crippen molar-refractivity contribution in [3.05, 3.63) is 58.1 Å². The topological polar surface area (TPSA) is 46.6 Å². The second-order valence-corrected chi connectivity index (χ2v) is 5.93. The fraction of sp³-hybridized carbons (Fsp3) is 0.250. The lowest BCUT2D eigenvalue weighted by Crippen LogP contribution is -2.51. The summed E-state index contributed by atoms with van der Waals surface area (Å²) in [5, 5.41) is 1.65. The highest BCUT2D eigenvalue weighted by atomic mass is 32.2. The predicted octanol–water partition coefficient (Wildman–Crippen LogP) is 2.74. The maximum absolute atomic E-state index is 12.1. The fourth-order valence-corrected chi connectivity index (χ4v) is 3.48. The van der Waals surface area contributed by atoms with Crippen LogP contribution in [0.25, 0.3) is 0 Å². The molecule has 1 aromatic rings. The van der Waals surface area contributed by atoms with Crippen molar-refractivity contribution in [1.29, 1.82) is 0 Å². The van der Waals surface area contributed by atoms with Crippen LogP contribution in [0.4, 0.5) is 0 Å². The summed E-state index contributed by atoms with van der Waals surface area (Å²) >= 11 is 1.46. The molecule has 1 atom stereocenters. The van der Waals surface area contributed by atoms with Gasteiger partial charge in [0.05, 0.1) is 0 Å². The Bertz CT molecular complexity index is 661. The van der Waals surface area contributed by atoms with Gasteiger partial charge in [0.1, 0.15) is 17.7 Å². The van der Waals surface area contributed by atoms with Crippen LogP contribution in [0.1, 0.15) is 18.1 Å². The van der Waals surface area contributed by atoms with Crippen LogP contribution >= 0.6 is 11.8 Å². The Kier molecular flexibility index (Phi) is 3.59. The van der Waals surface area contributed by atoms with Gasteiger partial charge in [0.25, 0.3) is 5.91 Å². The van der Waals surface area contributed by atoms with E-state index in [2.05, 4.69) is 0 Å². The average molecular weight is 301 g/mol. The normalized spacial score (nSPS) is 21.9. The van der Waals surface area contributed by atoms with Crippen molar-refractivity contribution >= 4 is 23.6 Å². The van der Waals surface area contributed by atoms with Crippen LogP contribution < -0.4 is 0 Å². The molecule has 0 aromatic heterocycles. The van der Waals surface area contributed by atoms with Crippen LogP contribution in [0.5, 0.6) is 0 Å². The first kappa shape index (κ1) is 13.9. The lowest BCUT2D eigenvalue weighted by Gasteiger charge is -2.37. The van der Waals surface area contributed by atoms with Crippen molar-refractivity contribution in [1.82, 2.24) is 4.90 Å². The second-order valence-electron chi connectivity index (χ2n) is 4.97. The Morgan fingerprint density at radius 1 is 1.38 bits per heavy atom. The highest BCUT2D eigenvalue weighted by molar-refractivity contribution is 8.03. The van der Waals surface area contributed by atoms with Gasteiger partial charge in [-0.25, -0.2) is 4.79 Å². The summed E-state index contributed by atoms with van der Waals surface area (Å²) in [4.78, 5) is 25.5. The summed E-state index contributed by atoms with van der Waals surface area (Å²) in [5.74, 6) is -0.555. The van der Waals surface area contributed by atoms with Crippen molar-refractivity contribution < 1.29 is 14.3 Å². The number of hydrogen-bond donors (Lipinski definition) is 0. The van der Waals surface area contributed by atoms with Crippen molar-refractivity contribution in [3.63, 3.8) is 0 Å². The van der Waals surface area contributed by atoms with Gasteiger partial charge in [-0.15, -0.1) is 11.8 Å². The van der Waals surface area contributed by atoms with Gasteiger partial charge >= 0.3 is 5.97 Å². The van der Waals surface area contributed by atoms with Gasteiger partial charge in [0, 0.05) is 11.0 Å². The second kappa shape index (κ2) is 5.41. The number of ether oxygens (including phenoxy) is 1. The van der Waals surface area contributed by atoms with Gasteiger partial charge in [-0.2, -0.15) is 0 Å². The zero-order valence-corrected chi connectivity index (χ0v) is 12.6. The van der Waals surface area contributed by atoms with Crippen LogP contribution in [0.15, 0.2) is 47.0 Å². The zero-order valence-electron chi connectivity index (χ0n) is 11.8. The van der Waals surface area contributed by atoms with E-state index in [-0.39, 0.29) is 17.9 Å². The number of carbonyl (C=O) groups is 2. The number of β-lactam (4-membered cyclic amide) rings is 1. The van der Waals surface area contributed by atoms with Crippen molar-refractivity contribution in [2.75, 3.05) is 0 Å². The first-order valence-electron chi connectivity index (χ1n) is 6.70. The molecule has 1 amide bonds. The SMILES string of the molecule is C/C=C1/C(=O)N2C(C(=O)OCc3ccc(C)cc3)=CS[C@H]12. The third-order valence-corrected chi connectivity index (χ3v) is 4.63. The van der Waals surface area contributed by atoms with Crippen molar-refractivity contribution in [3.8, 4) is 0 Å². The van der Waals surface area contributed by atoms with Crippen molar-refractivity contribution in [2.45, 2.75) is 25.8 Å². The van der Waals surface area contributed by atoms with E-state index in [9.17, 15) is 9.59 Å². The molecule has 0 radical (unpaired) electrons. The summed E-state index contributed by atoms with van der Waals surface area (Å²) < 4.78 is 5.29. The number of nitrogens with zero attached hydrogens (tertiary/aromatic N) is 1. The molecule has 108 valence electrons. The number of benzene rings is 1. The summed E-state index contributed by atoms with van der Waals surface area (Å²) in [6.07, 6.45) is 1.80. The summed E-state index contributed by atoms with van der Waals surface area (Å²) in [5.41, 5.74) is 3.18. The van der Waals surface area contributed by atoms with Crippen LogP contribution in [0.3, 0.4) is 0 Å². The molecule has 0 N–H and O–H groups in total. The maximum atomic E-state index is 12.1. The Labute approximate surface area is 127 Å². The summed E-state index contributed by atoms with van der Waals surface area (Å²) in [6.45, 7) is 4.05. The molecular formula is C16H15NO3S. The predicted molar refractivity (Wildman–Crippen MR) is 81.0 cm³/mol. The monoisotopic (exact) mass is 301 g/mol. The average Bonchev–Trinajstić information content (AvgIpc) is 2.87. The molecule has 1 aromatic carbocycles. The standard InChI is InChI=1S/C16H15NO3S/c1-3-12-14(18)17-13(9-21-15(12)17)16(19)20-8-11-6-4-10(2)5-7-11/h3-7,9,15H,8H2,1-2H3/b12-3-/t15-/m1/s1. The van der Waals surface area contributed by atoms with Gasteiger partial charge in [-0.1, -0.05) is 35.9 Å². The molecule has 0 bridgehead atoms. The molecule has 4 nitrogen and oxygen atoms in total. The van der Waals surface area contributed by atoms with E-state index >= 15 is 0 Å². The maximum Gasteiger partial charge on any atom is 0.355 e. The third-order valence-electron chi connectivity index (χ3n) is 3.55. The van der Waals surface area contributed by atoms with Gasteiger partial charge in [-0.05, 0) is 19.4 Å². The number of carbonyl (C=O) groups excluding carboxylic acids is 2. The molecule has 2 aliphatic rings. The molecule has 0 saturated carbocycles. The molecule has 5 heteroatoms. The lowest BCUT2D eigenvalue weighted by atomic mass is 10.1. The zero-order chi connectivity index (χ0) is 15.0. The summed E-state index contributed by atoms with van der Waals surface area (Å²) in [6, 6.07) is 7.80. The quantitative estimate of drug-likeness (QED) is 0.489. The number of thioether (sulfide) groups is 1. The molecule has 1 fully saturated rings. The highest BCUT2D eigenvalue weighted by Gasteiger charge is 2.49. The van der Waals surface area contributed by atoms with E-state index in [1.165, 1.54) is 16.7 Å². The fourth-order valence-electron chi connectivity index (χ4n) is 2.30. The van der Waals surface area contributed by atoms with E-state index in [0.717, 1.165) is 16.7 Å². The molecule has 0 aliphatic carbocycles. The number of esters is 1. The minimum atomic E-state index is -0.450. The minimum Gasteiger partial charge on any atom is -0.456 e. The number of allylic oxidation sites excluding steroid dienone is 1. The Balaban J connectivity index is 1.62. The number of aryl methyl sites for hydroxylation is 1. The molecule has 2 heterocycles. The van der Waals surface area contributed by atoms with E-state index in [1.54, 1.807) is 11.5 Å². The molecule has 0 unspecified atom stereocenters. The van der Waals surface area contributed by atoms with Gasteiger partial charge < -0.3 is 4.74 Å². The van der Waals surface area contributed by atoms with Crippen LogP contribution in [0, 0.1) is 6.92 Å². The number of amides is 1. The van der Waals surface area contributed by atoms with E-state index in [0.29, 0.717) is 5.70 Å². The Morgan fingerprint density at radius 2 is 2.10 bits per heavy atom. The molecule has 21 heavy (non-hydrogen) atoms. The van der Waals surface area contributed by atoms with E-state index in [4.69, 9.17) is 4.74 Å². The molecular weight excluding hydrogens is 286 g/mol. The molecule has 3 rings (SSSR count). The number of rotatable bonds is 3. The summed E-state index contributed by atoms with van der Waals surface area (Å²) in [7, 11) is 0. The number of fused-ring (bicyclic) bond motifs is 1. The lowest BCUT2D eigenvalue weighted by molar-refractivity contribution is -0.146. The largest absolute Gasteiger partial charge is 0.456 e. The minimum absolute atomic E-state index is 0.0515. The number of hydrogen-bond acceptors (Lipinski definition) is 4. The van der Waals surface area contributed by atoms with E-state index in [1.807, 2.05) is 38.1 Å². The van der Waals surface area contributed by atoms with Crippen LogP contribution in [-0.4, -0.2) is 22.2 Å². The van der Waals surface area contributed by atoms with Gasteiger partial charge in [0.2, 0.25) is 0 Å². The van der Waals surface area contributed by atoms with Crippen LogP contribution in [-0.2, 0) is 20.9 Å². The molecule has 2 aliphatic heterocycles. The Hall–Kier alpha value is -2.01. The van der Waals surface area contributed by atoms with E-state index < -0.39 is 5.97 Å². The van der Waals surface area contributed by atoms with Gasteiger partial charge in [-0.3, -0.25) is 9.69 Å². The molecule has 1 saturated heterocycles. The highest BCUT2D eigenvalue weighted by Crippen LogP contribution is 2.44. The van der Waals surface area contributed by atoms with Crippen LogP contribution in [0.2, 0.25) is 0 Å². The third kappa shape index (κ3) is 2.38. The van der Waals surface area contributed by atoms with Crippen molar-refractivity contribution in [2.24, 2.45) is 0 Å². The van der Waals surface area contributed by atoms with Gasteiger partial charge in [0.15, 0.2) is 0 Å². The first-order valence-corrected chi connectivity index (χ1v) is 7.64. The smallest absolute Gasteiger partial charge is 0.355 e. The molecule has 0 spiro atoms.